The van der Waals surface area contributed by atoms with E-state index in [0.717, 1.165) is 34.2 Å². The van der Waals surface area contributed by atoms with Crippen LogP contribution in [0.25, 0.3) is 21.9 Å². The molecule has 0 unspecified atom stereocenters. The fourth-order valence-electron chi connectivity index (χ4n) is 2.14. The number of aromatic amines is 2. The van der Waals surface area contributed by atoms with E-state index in [2.05, 4.69) is 39.2 Å². The monoisotopic (exact) mass is 228 g/mol. The molecule has 2 aromatic heterocycles. The lowest BCUT2D eigenvalue weighted by molar-refractivity contribution is 0.700. The molecule has 0 aliphatic rings. The normalized spacial score (nSPS) is 11.6. The second-order valence-electron chi connectivity index (χ2n) is 4.44. The third-order valence-electron chi connectivity index (χ3n) is 3.08. The summed E-state index contributed by atoms with van der Waals surface area (Å²) >= 11 is 0. The Morgan fingerprint density at radius 1 is 1.12 bits per heavy atom. The Labute approximate surface area is 99.4 Å². The number of benzene rings is 1. The maximum atomic E-state index is 4.58. The van der Waals surface area contributed by atoms with Gasteiger partial charge in [0, 0.05) is 18.0 Å². The van der Waals surface area contributed by atoms with Crippen molar-refractivity contribution in [2.45, 2.75) is 32.6 Å². The fourth-order valence-corrected chi connectivity index (χ4v) is 2.14. The van der Waals surface area contributed by atoms with Gasteiger partial charge >= 0.3 is 0 Å². The van der Waals surface area contributed by atoms with Gasteiger partial charge in [-0.2, -0.15) is 0 Å². The highest BCUT2D eigenvalue weighted by Crippen LogP contribution is 2.19. The first-order valence-electron chi connectivity index (χ1n) is 6.19. The Bertz CT molecular complexity index is 587. The van der Waals surface area contributed by atoms with Crippen molar-refractivity contribution in [1.29, 1.82) is 0 Å². The highest BCUT2D eigenvalue weighted by Gasteiger charge is 2.06. The fraction of sp³-hybridized carbons (Fsp3) is 0.385. The van der Waals surface area contributed by atoms with Gasteiger partial charge < -0.3 is 10.2 Å². The van der Waals surface area contributed by atoms with Crippen molar-refractivity contribution in [3.8, 4) is 0 Å². The molecule has 2 N–H and O–H groups in total. The van der Waals surface area contributed by atoms with E-state index >= 15 is 0 Å². The molecule has 0 atom stereocenters. The maximum Gasteiger partial charge on any atom is 0.129 e. The molecule has 0 amide bonds. The largest absolute Gasteiger partial charge is 0.307 e. The zero-order valence-electron chi connectivity index (χ0n) is 9.95. The van der Waals surface area contributed by atoms with Crippen LogP contribution in [0.15, 0.2) is 18.3 Å². The number of H-pyrrole nitrogens is 2. The summed E-state index contributed by atoms with van der Waals surface area (Å²) in [6, 6.07) is 4.13. The average molecular weight is 228 g/mol. The molecular weight excluding hydrogens is 212 g/mol. The number of nitrogens with one attached hydrogen (secondary N) is 2. The van der Waals surface area contributed by atoms with Crippen molar-refractivity contribution in [1.82, 2.24) is 20.2 Å². The summed E-state index contributed by atoms with van der Waals surface area (Å²) < 4.78 is 0. The third kappa shape index (κ3) is 1.90. The summed E-state index contributed by atoms with van der Waals surface area (Å²) in [6.45, 7) is 2.21. The smallest absolute Gasteiger partial charge is 0.129 e. The number of rotatable bonds is 4. The minimum absolute atomic E-state index is 0.977. The van der Waals surface area contributed by atoms with E-state index < -0.39 is 0 Å². The number of aryl methyl sites for hydroxylation is 1. The molecule has 4 heteroatoms. The lowest BCUT2D eigenvalue weighted by Gasteiger charge is -1.92. The molecule has 3 aromatic rings. The Morgan fingerprint density at radius 2 is 1.94 bits per heavy atom. The zero-order chi connectivity index (χ0) is 11.7. The molecule has 0 aliphatic heterocycles. The number of nitrogens with zero attached hydrogens (tertiary/aromatic N) is 2. The molecule has 0 radical (unpaired) electrons. The van der Waals surface area contributed by atoms with Gasteiger partial charge in [-0.25, -0.2) is 9.97 Å². The van der Waals surface area contributed by atoms with Crippen molar-refractivity contribution >= 4 is 21.9 Å². The van der Waals surface area contributed by atoms with Gasteiger partial charge in [0.25, 0.3) is 0 Å². The lowest BCUT2D eigenvalue weighted by atomic mass is 10.2. The maximum absolute atomic E-state index is 4.58. The lowest BCUT2D eigenvalue weighted by Crippen LogP contribution is -1.87. The minimum atomic E-state index is 0.977. The number of fused-ring (bicyclic) bond motifs is 2. The van der Waals surface area contributed by atoms with Crippen LogP contribution < -0.4 is 0 Å². The van der Waals surface area contributed by atoms with Gasteiger partial charge in [-0.3, -0.25) is 0 Å². The van der Waals surface area contributed by atoms with E-state index in [9.17, 15) is 0 Å². The van der Waals surface area contributed by atoms with Gasteiger partial charge in [-0.1, -0.05) is 19.8 Å². The first kappa shape index (κ1) is 10.3. The van der Waals surface area contributed by atoms with Crippen molar-refractivity contribution < 1.29 is 0 Å². The Morgan fingerprint density at radius 3 is 2.76 bits per heavy atom. The quantitative estimate of drug-likeness (QED) is 0.674. The van der Waals surface area contributed by atoms with Crippen LogP contribution in [-0.4, -0.2) is 20.2 Å². The summed E-state index contributed by atoms with van der Waals surface area (Å²) in [5.74, 6) is 0.977. The standard InChI is InChI=1S/C13H16N4/c1-2-3-4-5-13-15-11-6-9-8-14-17-10(9)7-12(11)16-13/h6-8,14,17H,2-5H2,1H3. The van der Waals surface area contributed by atoms with Crippen molar-refractivity contribution in [2.24, 2.45) is 0 Å². The van der Waals surface area contributed by atoms with E-state index in [1.807, 2.05) is 6.20 Å². The molecule has 0 aliphatic carbocycles. The summed E-state index contributed by atoms with van der Waals surface area (Å²) in [5, 5.41) is 7.21. The average Bonchev–Trinajstić information content (AvgIpc) is 2.90. The number of hydrogen-bond acceptors (Lipinski definition) is 2. The molecular formula is C13H16N4. The number of imidazole rings is 1. The molecule has 0 spiro atoms. The van der Waals surface area contributed by atoms with Crippen LogP contribution in [0.1, 0.15) is 32.0 Å². The molecule has 3 rings (SSSR count). The molecule has 0 saturated heterocycles. The Kier molecular flexibility index (Phi) is 2.55. The van der Waals surface area contributed by atoms with Gasteiger partial charge in [-0.15, -0.1) is 0 Å². The summed E-state index contributed by atoms with van der Waals surface area (Å²) in [7, 11) is 0. The van der Waals surface area contributed by atoms with Crippen molar-refractivity contribution in [3.05, 3.63) is 24.2 Å². The summed E-state index contributed by atoms with van der Waals surface area (Å²) in [5.41, 5.74) is 3.06. The predicted octanol–water partition coefficient (Wildman–Crippen LogP) is 3.17. The predicted molar refractivity (Wildman–Crippen MR) is 69.0 cm³/mol. The number of unbranched alkanes of at least 4 members (excludes halogenated alkanes) is 2. The molecule has 4 nitrogen and oxygen atoms in total. The Balaban J connectivity index is 1.94. The van der Waals surface area contributed by atoms with Gasteiger partial charge in [0.1, 0.15) is 5.82 Å². The third-order valence-corrected chi connectivity index (χ3v) is 3.08. The Hall–Kier alpha value is -1.84. The molecule has 17 heavy (non-hydrogen) atoms. The first-order valence-corrected chi connectivity index (χ1v) is 6.19. The molecule has 1 aromatic carbocycles. The second kappa shape index (κ2) is 4.20. The van der Waals surface area contributed by atoms with Gasteiger partial charge in [0.15, 0.2) is 0 Å². The van der Waals surface area contributed by atoms with Gasteiger partial charge in [0.05, 0.1) is 16.6 Å². The zero-order valence-corrected chi connectivity index (χ0v) is 9.95. The van der Waals surface area contributed by atoms with Crippen LogP contribution in [0.4, 0.5) is 0 Å². The molecule has 0 fully saturated rings. The first-order chi connectivity index (χ1) is 8.36. The number of aromatic nitrogens is 4. The second-order valence-corrected chi connectivity index (χ2v) is 4.44. The van der Waals surface area contributed by atoms with Crippen LogP contribution in [-0.2, 0) is 6.42 Å². The van der Waals surface area contributed by atoms with E-state index in [1.165, 1.54) is 19.3 Å². The van der Waals surface area contributed by atoms with Crippen LogP contribution in [0, 0.1) is 0 Å². The van der Waals surface area contributed by atoms with E-state index in [0.29, 0.717) is 0 Å². The van der Waals surface area contributed by atoms with E-state index in [-0.39, 0.29) is 0 Å². The van der Waals surface area contributed by atoms with Crippen LogP contribution >= 0.6 is 0 Å². The minimum Gasteiger partial charge on any atom is -0.307 e. The van der Waals surface area contributed by atoms with E-state index in [1.54, 1.807) is 0 Å². The highest BCUT2D eigenvalue weighted by molar-refractivity contribution is 5.92. The van der Waals surface area contributed by atoms with E-state index in [4.69, 9.17) is 0 Å². The molecule has 0 saturated carbocycles. The van der Waals surface area contributed by atoms with Crippen LogP contribution in [0.5, 0.6) is 0 Å². The molecule has 2 heterocycles. The van der Waals surface area contributed by atoms with Crippen molar-refractivity contribution in [3.63, 3.8) is 0 Å². The van der Waals surface area contributed by atoms with Crippen LogP contribution in [0.3, 0.4) is 0 Å². The summed E-state index contributed by atoms with van der Waals surface area (Å²) in [6.07, 6.45) is 6.60. The van der Waals surface area contributed by atoms with Gasteiger partial charge in [-0.05, 0) is 18.6 Å². The van der Waals surface area contributed by atoms with Crippen molar-refractivity contribution in [2.75, 3.05) is 0 Å². The topological polar surface area (TPSA) is 57.4 Å². The van der Waals surface area contributed by atoms with Crippen LogP contribution in [0.2, 0.25) is 0 Å². The highest BCUT2D eigenvalue weighted by atomic mass is 15.1. The molecule has 88 valence electrons. The SMILES string of the molecule is CCCCCc1nc2cc3c[nH][nH]c3cc2n1. The summed E-state index contributed by atoms with van der Waals surface area (Å²) in [4.78, 5) is 9.14. The van der Waals surface area contributed by atoms with Gasteiger partial charge in [0.2, 0.25) is 0 Å². The molecule has 0 bridgehead atoms. The number of hydrogen-bond donors (Lipinski definition) is 2.